The van der Waals surface area contributed by atoms with Crippen molar-refractivity contribution < 1.29 is 14.7 Å². The summed E-state index contributed by atoms with van der Waals surface area (Å²) in [6.07, 6.45) is 0.467. The van der Waals surface area contributed by atoms with Crippen LogP contribution in [0.5, 0.6) is 0 Å². The molecular weight excluding hydrogens is 312 g/mol. The molecule has 0 fully saturated rings. The number of rotatable bonds is 7. The molecule has 128 valence electrons. The van der Waals surface area contributed by atoms with Crippen LogP contribution in [0.2, 0.25) is 0 Å². The topological polar surface area (TPSA) is 114 Å². The monoisotopic (exact) mass is 332 g/mol. The van der Waals surface area contributed by atoms with E-state index in [-0.39, 0.29) is 24.4 Å². The van der Waals surface area contributed by atoms with E-state index in [4.69, 9.17) is 5.11 Å². The SMILES string of the molecule is CC[C@H](C)[C@@H](C(=O)NCCC(=O)O)n1nnc2ccccc2c1=O. The normalized spacial score (nSPS) is 13.4. The number of aromatic nitrogens is 3. The van der Waals surface area contributed by atoms with Crippen molar-refractivity contribution in [2.75, 3.05) is 6.54 Å². The van der Waals surface area contributed by atoms with Crippen LogP contribution < -0.4 is 10.9 Å². The molecule has 8 heteroatoms. The molecular formula is C16H20N4O4. The van der Waals surface area contributed by atoms with Gasteiger partial charge in [0.05, 0.1) is 11.8 Å². The highest BCUT2D eigenvalue weighted by atomic mass is 16.4. The zero-order valence-corrected chi connectivity index (χ0v) is 13.6. The largest absolute Gasteiger partial charge is 0.481 e. The number of carboxylic acid groups (broad SMARTS) is 1. The van der Waals surface area contributed by atoms with E-state index >= 15 is 0 Å². The predicted octanol–water partition coefficient (Wildman–Crippen LogP) is 0.970. The molecule has 0 saturated carbocycles. The average molecular weight is 332 g/mol. The number of hydrogen-bond donors (Lipinski definition) is 2. The highest BCUT2D eigenvalue weighted by Gasteiger charge is 2.28. The zero-order chi connectivity index (χ0) is 17.7. The van der Waals surface area contributed by atoms with Crippen molar-refractivity contribution in [1.82, 2.24) is 20.3 Å². The summed E-state index contributed by atoms with van der Waals surface area (Å²) >= 11 is 0. The molecule has 8 nitrogen and oxygen atoms in total. The van der Waals surface area contributed by atoms with Crippen LogP contribution in [-0.4, -0.2) is 38.5 Å². The molecule has 2 N–H and O–H groups in total. The predicted molar refractivity (Wildman–Crippen MR) is 87.6 cm³/mol. The summed E-state index contributed by atoms with van der Waals surface area (Å²) in [6, 6.07) is 5.96. The van der Waals surface area contributed by atoms with Gasteiger partial charge in [0.2, 0.25) is 5.91 Å². The second kappa shape index (κ2) is 7.67. The van der Waals surface area contributed by atoms with Gasteiger partial charge < -0.3 is 10.4 Å². The Balaban J connectivity index is 2.38. The number of nitrogens with one attached hydrogen (secondary N) is 1. The summed E-state index contributed by atoms with van der Waals surface area (Å²) in [5, 5.41) is 19.5. The van der Waals surface area contributed by atoms with Crippen LogP contribution in [0.15, 0.2) is 29.1 Å². The van der Waals surface area contributed by atoms with Crippen molar-refractivity contribution in [3.05, 3.63) is 34.6 Å². The maximum atomic E-state index is 12.7. The lowest BCUT2D eigenvalue weighted by atomic mass is 9.98. The molecule has 0 bridgehead atoms. The molecule has 0 aliphatic rings. The summed E-state index contributed by atoms with van der Waals surface area (Å²) in [5.74, 6) is -1.60. The van der Waals surface area contributed by atoms with Crippen molar-refractivity contribution in [3.63, 3.8) is 0 Å². The number of nitrogens with zero attached hydrogens (tertiary/aromatic N) is 3. The fourth-order valence-corrected chi connectivity index (χ4v) is 2.42. The van der Waals surface area contributed by atoms with E-state index < -0.39 is 17.9 Å². The fourth-order valence-electron chi connectivity index (χ4n) is 2.42. The summed E-state index contributed by atoms with van der Waals surface area (Å²) in [7, 11) is 0. The Morgan fingerprint density at radius 1 is 1.33 bits per heavy atom. The van der Waals surface area contributed by atoms with Gasteiger partial charge in [-0.25, -0.2) is 0 Å². The van der Waals surface area contributed by atoms with E-state index in [0.717, 1.165) is 4.68 Å². The minimum atomic E-state index is -1.00. The van der Waals surface area contributed by atoms with E-state index in [1.807, 2.05) is 13.8 Å². The number of fused-ring (bicyclic) bond motifs is 1. The number of aliphatic carboxylic acids is 1. The number of amides is 1. The van der Waals surface area contributed by atoms with E-state index in [1.54, 1.807) is 24.3 Å². The molecule has 0 aliphatic carbocycles. The first-order chi connectivity index (χ1) is 11.5. The fraction of sp³-hybridized carbons (Fsp3) is 0.438. The Morgan fingerprint density at radius 3 is 2.71 bits per heavy atom. The van der Waals surface area contributed by atoms with Crippen LogP contribution in [0.25, 0.3) is 10.9 Å². The van der Waals surface area contributed by atoms with Crippen molar-refractivity contribution in [1.29, 1.82) is 0 Å². The first-order valence-electron chi connectivity index (χ1n) is 7.79. The molecule has 1 heterocycles. The van der Waals surface area contributed by atoms with Crippen molar-refractivity contribution in [3.8, 4) is 0 Å². The third kappa shape index (κ3) is 3.76. The summed E-state index contributed by atoms with van der Waals surface area (Å²) < 4.78 is 1.09. The molecule has 0 saturated heterocycles. The standard InChI is InChI=1S/C16H20N4O4/c1-3-10(2)14(15(23)17-9-8-13(21)22)20-16(24)11-6-4-5-7-12(11)18-19-20/h4-7,10,14H,3,8-9H2,1-2H3,(H,17,23)(H,21,22)/t10-,14-/m0/s1. The second-order valence-corrected chi connectivity index (χ2v) is 5.62. The van der Waals surface area contributed by atoms with Crippen LogP contribution in [0.1, 0.15) is 32.7 Å². The Hall–Kier alpha value is -2.77. The molecule has 2 atom stereocenters. The van der Waals surface area contributed by atoms with Gasteiger partial charge in [-0.05, 0) is 18.1 Å². The molecule has 2 rings (SSSR count). The van der Waals surface area contributed by atoms with Crippen LogP contribution >= 0.6 is 0 Å². The van der Waals surface area contributed by atoms with Gasteiger partial charge in [0, 0.05) is 6.54 Å². The third-order valence-corrected chi connectivity index (χ3v) is 3.94. The number of hydrogen-bond acceptors (Lipinski definition) is 5. The highest BCUT2D eigenvalue weighted by Crippen LogP contribution is 2.19. The van der Waals surface area contributed by atoms with Crippen molar-refractivity contribution in [2.45, 2.75) is 32.7 Å². The maximum Gasteiger partial charge on any atom is 0.305 e. The molecule has 24 heavy (non-hydrogen) atoms. The van der Waals surface area contributed by atoms with Crippen LogP contribution in [-0.2, 0) is 9.59 Å². The molecule has 0 spiro atoms. The molecule has 0 radical (unpaired) electrons. The molecule has 2 aromatic rings. The minimum absolute atomic E-state index is 0.00311. The van der Waals surface area contributed by atoms with Gasteiger partial charge in [0.15, 0.2) is 0 Å². The van der Waals surface area contributed by atoms with Gasteiger partial charge in [0.1, 0.15) is 11.6 Å². The van der Waals surface area contributed by atoms with Crippen LogP contribution in [0.3, 0.4) is 0 Å². The van der Waals surface area contributed by atoms with Crippen LogP contribution in [0, 0.1) is 5.92 Å². The third-order valence-electron chi connectivity index (χ3n) is 3.94. The summed E-state index contributed by atoms with van der Waals surface area (Å²) in [4.78, 5) is 35.7. The van der Waals surface area contributed by atoms with Crippen molar-refractivity contribution >= 4 is 22.8 Å². The number of carboxylic acids is 1. The van der Waals surface area contributed by atoms with Crippen LogP contribution in [0.4, 0.5) is 0 Å². The van der Waals surface area contributed by atoms with E-state index in [0.29, 0.717) is 17.3 Å². The smallest absolute Gasteiger partial charge is 0.305 e. The Labute approximate surface area is 138 Å². The molecule has 0 unspecified atom stereocenters. The highest BCUT2D eigenvalue weighted by molar-refractivity contribution is 5.82. The van der Waals surface area contributed by atoms with E-state index in [1.165, 1.54) is 0 Å². The lowest BCUT2D eigenvalue weighted by Crippen LogP contribution is -2.42. The van der Waals surface area contributed by atoms with Gasteiger partial charge in [-0.15, -0.1) is 5.10 Å². The quantitative estimate of drug-likeness (QED) is 0.781. The second-order valence-electron chi connectivity index (χ2n) is 5.62. The molecule has 1 amide bonds. The summed E-state index contributed by atoms with van der Waals surface area (Å²) in [5.41, 5.74) is 0.0761. The number of benzene rings is 1. The van der Waals surface area contributed by atoms with Gasteiger partial charge in [-0.2, -0.15) is 4.68 Å². The van der Waals surface area contributed by atoms with Gasteiger partial charge in [0.25, 0.3) is 5.56 Å². The van der Waals surface area contributed by atoms with Gasteiger partial charge >= 0.3 is 5.97 Å². The van der Waals surface area contributed by atoms with E-state index in [2.05, 4.69) is 15.6 Å². The number of carbonyl (C=O) groups is 2. The molecule has 0 aliphatic heterocycles. The molecule has 1 aromatic carbocycles. The number of carbonyl (C=O) groups excluding carboxylic acids is 1. The van der Waals surface area contributed by atoms with Gasteiger partial charge in [-0.3, -0.25) is 14.4 Å². The maximum absolute atomic E-state index is 12.7. The molecule has 1 aromatic heterocycles. The van der Waals surface area contributed by atoms with Crippen molar-refractivity contribution in [2.24, 2.45) is 5.92 Å². The lowest BCUT2D eigenvalue weighted by Gasteiger charge is -2.22. The van der Waals surface area contributed by atoms with Gasteiger partial charge in [-0.1, -0.05) is 37.6 Å². The average Bonchev–Trinajstić information content (AvgIpc) is 2.56. The summed E-state index contributed by atoms with van der Waals surface area (Å²) in [6.45, 7) is 3.74. The Kier molecular flexibility index (Phi) is 5.62. The zero-order valence-electron chi connectivity index (χ0n) is 13.6. The lowest BCUT2D eigenvalue weighted by molar-refractivity contribution is -0.137. The van der Waals surface area contributed by atoms with E-state index in [9.17, 15) is 14.4 Å². The first-order valence-corrected chi connectivity index (χ1v) is 7.79. The minimum Gasteiger partial charge on any atom is -0.481 e. The first kappa shape index (κ1) is 17.6. The Morgan fingerprint density at radius 2 is 2.04 bits per heavy atom. The Bertz CT molecular complexity index is 802.